The third-order valence-electron chi connectivity index (χ3n) is 5.40. The van der Waals surface area contributed by atoms with E-state index in [9.17, 15) is 28.2 Å². The molecule has 4 N–H and O–H groups in total. The van der Waals surface area contributed by atoms with Crippen molar-refractivity contribution in [2.75, 3.05) is 5.73 Å². The van der Waals surface area contributed by atoms with Crippen molar-refractivity contribution in [2.45, 2.75) is 57.9 Å². The highest BCUT2D eigenvalue weighted by Gasteiger charge is 2.51. The quantitative estimate of drug-likeness (QED) is 0.493. The van der Waals surface area contributed by atoms with Gasteiger partial charge in [0.1, 0.15) is 5.69 Å². The predicted octanol–water partition coefficient (Wildman–Crippen LogP) is 3.79. The van der Waals surface area contributed by atoms with E-state index >= 15 is 0 Å². The number of aromatic nitrogens is 3. The van der Waals surface area contributed by atoms with Gasteiger partial charge in [0.05, 0.1) is 17.5 Å². The van der Waals surface area contributed by atoms with Crippen LogP contribution >= 0.6 is 0 Å². The van der Waals surface area contributed by atoms with Gasteiger partial charge in [0.15, 0.2) is 22.8 Å². The van der Waals surface area contributed by atoms with Crippen molar-refractivity contribution in [2.24, 2.45) is 0 Å². The van der Waals surface area contributed by atoms with Crippen LogP contribution in [0.3, 0.4) is 0 Å². The van der Waals surface area contributed by atoms with Gasteiger partial charge in [0.2, 0.25) is 0 Å². The first-order chi connectivity index (χ1) is 14.6. The van der Waals surface area contributed by atoms with Crippen LogP contribution in [0, 0.1) is 6.92 Å². The fourth-order valence-corrected chi connectivity index (χ4v) is 3.26. The Balaban J connectivity index is 2.12. The van der Waals surface area contributed by atoms with E-state index in [0.717, 1.165) is 0 Å². The van der Waals surface area contributed by atoms with Crippen LogP contribution in [0.15, 0.2) is 30.6 Å². The molecule has 3 aromatic rings. The number of hydrogen-bond acceptors (Lipinski definition) is 6. The third-order valence-corrected chi connectivity index (χ3v) is 5.40. The molecule has 0 aliphatic rings. The molecule has 0 bridgehead atoms. The van der Waals surface area contributed by atoms with Crippen molar-refractivity contribution in [3.63, 3.8) is 0 Å². The second-order valence-corrected chi connectivity index (χ2v) is 8.68. The summed E-state index contributed by atoms with van der Waals surface area (Å²) < 4.78 is 41.5. The molecule has 1 atom stereocenters. The molecule has 32 heavy (non-hydrogen) atoms. The summed E-state index contributed by atoms with van der Waals surface area (Å²) in [6.45, 7) is 5.58. The van der Waals surface area contributed by atoms with Gasteiger partial charge in [-0.15, -0.1) is 0 Å². The molecule has 1 unspecified atom stereocenters. The Morgan fingerprint density at radius 2 is 1.84 bits per heavy atom. The average Bonchev–Trinajstić information content (AvgIpc) is 3.09. The van der Waals surface area contributed by atoms with Gasteiger partial charge in [-0.25, -0.2) is 9.97 Å². The summed E-state index contributed by atoms with van der Waals surface area (Å²) in [5.74, 6) is -0.354. The van der Waals surface area contributed by atoms with Gasteiger partial charge in [-0.1, -0.05) is 12.1 Å². The molecule has 0 spiro atoms. The van der Waals surface area contributed by atoms with Crippen LogP contribution < -0.4 is 5.73 Å². The smallest absolute Gasteiger partial charge is 0.390 e. The number of nitrogens with two attached hydrogens (primary N) is 1. The highest BCUT2D eigenvalue weighted by atomic mass is 19.4. The molecular formula is C22H25F3N4O3. The highest BCUT2D eigenvalue weighted by Crippen LogP contribution is 2.40. The van der Waals surface area contributed by atoms with E-state index in [0.29, 0.717) is 23.7 Å². The molecular weight excluding hydrogens is 425 g/mol. The molecule has 0 aliphatic heterocycles. The number of aryl methyl sites for hydroxylation is 1. The number of hydrogen-bond donors (Lipinski definition) is 3. The zero-order valence-corrected chi connectivity index (χ0v) is 18.2. The minimum absolute atomic E-state index is 0.0125. The van der Waals surface area contributed by atoms with Crippen LogP contribution in [0.1, 0.15) is 55.2 Å². The fourth-order valence-electron chi connectivity index (χ4n) is 3.26. The number of alkyl halides is 3. The van der Waals surface area contributed by atoms with Crippen molar-refractivity contribution in [3.05, 3.63) is 47.4 Å². The number of halogens is 3. The number of benzene rings is 1. The molecule has 7 nitrogen and oxygen atoms in total. The Bertz CT molecular complexity index is 1180. The first-order valence-electron chi connectivity index (χ1n) is 9.91. The molecule has 0 aliphatic carbocycles. The Morgan fingerprint density at radius 1 is 1.19 bits per heavy atom. The molecule has 0 amide bonds. The topological polar surface area (TPSA) is 114 Å². The molecule has 172 valence electrons. The second kappa shape index (κ2) is 7.86. The van der Waals surface area contributed by atoms with Crippen LogP contribution in [0.25, 0.3) is 16.9 Å². The first kappa shape index (κ1) is 23.7. The normalized spacial score (nSPS) is 14.5. The first-order valence-corrected chi connectivity index (χ1v) is 9.91. The number of ketones is 1. The Hall–Kier alpha value is -2.98. The molecule has 0 saturated carbocycles. The maximum absolute atomic E-state index is 13.4. The summed E-state index contributed by atoms with van der Waals surface area (Å²) in [5, 5.41) is 20.0. The third kappa shape index (κ3) is 4.46. The molecule has 2 heterocycles. The lowest BCUT2D eigenvalue weighted by atomic mass is 9.91. The Labute approximate surface area is 182 Å². The van der Waals surface area contributed by atoms with Crippen molar-refractivity contribution >= 4 is 17.2 Å². The fraction of sp³-hybridized carbons (Fsp3) is 0.409. The van der Waals surface area contributed by atoms with E-state index in [1.807, 2.05) is 0 Å². The molecule has 0 fully saturated rings. The predicted molar refractivity (Wildman–Crippen MR) is 113 cm³/mol. The monoisotopic (exact) mass is 450 g/mol. The van der Waals surface area contributed by atoms with Gasteiger partial charge >= 0.3 is 6.18 Å². The lowest BCUT2D eigenvalue weighted by Crippen LogP contribution is -2.39. The number of carbonyl (C=O) groups is 1. The Kier molecular flexibility index (Phi) is 5.82. The van der Waals surface area contributed by atoms with E-state index in [4.69, 9.17) is 5.73 Å². The number of anilines is 1. The van der Waals surface area contributed by atoms with Crippen molar-refractivity contribution in [3.8, 4) is 11.3 Å². The number of rotatable bonds is 6. The van der Waals surface area contributed by atoms with Gasteiger partial charge in [0.25, 0.3) is 0 Å². The van der Waals surface area contributed by atoms with Crippen LogP contribution in [0.5, 0.6) is 0 Å². The van der Waals surface area contributed by atoms with E-state index in [2.05, 4.69) is 9.97 Å². The van der Waals surface area contributed by atoms with Crippen LogP contribution in [-0.4, -0.2) is 42.1 Å². The highest BCUT2D eigenvalue weighted by molar-refractivity contribution is 5.95. The maximum atomic E-state index is 13.4. The van der Waals surface area contributed by atoms with Gasteiger partial charge in [-0.05, 0) is 51.3 Å². The number of nitrogen functional groups attached to an aromatic ring is 1. The van der Waals surface area contributed by atoms with Gasteiger partial charge in [-0.3, -0.25) is 9.20 Å². The van der Waals surface area contributed by atoms with Crippen LogP contribution in [0.2, 0.25) is 0 Å². The number of aliphatic hydroxyl groups is 2. The SMILES string of the molecule is Cc1ccc(C(C)(O)C(F)(F)F)cc1-c1cnc2c(N)nc(C(=O)CCC(C)(C)O)cn12. The lowest BCUT2D eigenvalue weighted by Gasteiger charge is -2.27. The lowest BCUT2D eigenvalue weighted by molar-refractivity contribution is -0.258. The zero-order valence-electron chi connectivity index (χ0n) is 18.2. The van der Waals surface area contributed by atoms with E-state index < -0.39 is 17.4 Å². The van der Waals surface area contributed by atoms with E-state index in [1.54, 1.807) is 20.8 Å². The molecule has 0 saturated heterocycles. The molecule has 1 aromatic carbocycles. The van der Waals surface area contributed by atoms with Gasteiger partial charge in [0, 0.05) is 18.2 Å². The zero-order chi connectivity index (χ0) is 24.1. The molecule has 3 rings (SSSR count). The standard InChI is InChI=1S/C22H25F3N4O3/c1-12-5-6-13(21(4,32)22(23,24)25)9-14(12)16-10-27-19-18(26)28-15(11-29(16)19)17(30)7-8-20(2,3)31/h5-6,9-11,31-32H,7-8H2,1-4H3,(H2,26,28). The number of Topliss-reactive ketones (excluding diaryl/α,β-unsaturated/α-hetero) is 1. The number of imidazole rings is 1. The maximum Gasteiger partial charge on any atom is 0.421 e. The minimum Gasteiger partial charge on any atom is -0.390 e. The number of fused-ring (bicyclic) bond motifs is 1. The van der Waals surface area contributed by atoms with Crippen molar-refractivity contribution in [1.82, 2.24) is 14.4 Å². The van der Waals surface area contributed by atoms with Gasteiger partial charge < -0.3 is 15.9 Å². The van der Waals surface area contributed by atoms with Crippen molar-refractivity contribution in [1.29, 1.82) is 0 Å². The largest absolute Gasteiger partial charge is 0.421 e. The second-order valence-electron chi connectivity index (χ2n) is 8.68. The van der Waals surface area contributed by atoms with Crippen molar-refractivity contribution < 1.29 is 28.2 Å². The molecule has 0 radical (unpaired) electrons. The Morgan fingerprint density at radius 3 is 2.44 bits per heavy atom. The number of carbonyl (C=O) groups excluding carboxylic acids is 1. The van der Waals surface area contributed by atoms with Gasteiger partial charge in [-0.2, -0.15) is 13.2 Å². The molecule has 10 heteroatoms. The van der Waals surface area contributed by atoms with E-state index in [-0.39, 0.29) is 41.3 Å². The summed E-state index contributed by atoms with van der Waals surface area (Å²) >= 11 is 0. The summed E-state index contributed by atoms with van der Waals surface area (Å²) in [6, 6.07) is 3.94. The summed E-state index contributed by atoms with van der Waals surface area (Å²) in [4.78, 5) is 20.9. The summed E-state index contributed by atoms with van der Waals surface area (Å²) in [7, 11) is 0. The molecule has 2 aromatic heterocycles. The van der Waals surface area contributed by atoms with Crippen LogP contribution in [0.4, 0.5) is 19.0 Å². The summed E-state index contributed by atoms with van der Waals surface area (Å²) in [5.41, 5.74) is 3.28. The number of nitrogens with zero attached hydrogens (tertiary/aromatic N) is 3. The average molecular weight is 450 g/mol. The minimum atomic E-state index is -4.87. The van der Waals surface area contributed by atoms with E-state index in [1.165, 1.54) is 35.0 Å². The summed E-state index contributed by atoms with van der Waals surface area (Å²) in [6.07, 6.45) is -1.76. The van der Waals surface area contributed by atoms with Crippen LogP contribution in [-0.2, 0) is 5.60 Å².